The molecule has 1 aliphatic heterocycles. The van der Waals surface area contributed by atoms with Gasteiger partial charge >= 0.3 is 5.97 Å². The summed E-state index contributed by atoms with van der Waals surface area (Å²) in [4.78, 5) is 16.7. The number of carbonyl (C=O) groups is 1. The monoisotopic (exact) mass is 718 g/mol. The third-order valence-corrected chi connectivity index (χ3v) is 9.81. The topological polar surface area (TPSA) is 61.6 Å². The van der Waals surface area contributed by atoms with Crippen molar-refractivity contribution in [1.29, 1.82) is 0 Å². The van der Waals surface area contributed by atoms with Crippen molar-refractivity contribution in [3.63, 3.8) is 0 Å². The molecule has 3 aromatic rings. The molecule has 6 nitrogen and oxygen atoms in total. The van der Waals surface area contributed by atoms with Gasteiger partial charge < -0.3 is 10.0 Å². The summed E-state index contributed by atoms with van der Waals surface area (Å²) in [5.74, 6) is -1.41. The largest absolute Gasteiger partial charge is 0.480 e. The molecule has 0 radical (unpaired) electrons. The standard InChI is InChI=1S/C35H45F3N4O2.3ClH/c1-5-42-33(19-30(39-42)15-23-13-28(37)18-29(38)14-23)24-9-11-41(12-10-24)21-26-17-31(40(4)34(22(2)3)35(43)44)20-32(26)25-7-6-8-27(36)16-25;;;/h6-8,13-14,16,18-19,22,24,26,31-32,34H,5,9-12,15,17,20-21H2,1-4H3,(H,43,44);3*1H/t26?,31?,32?,34-;;;/m1.../s1. The van der Waals surface area contributed by atoms with Crippen molar-refractivity contribution in [2.75, 3.05) is 26.7 Å². The summed E-state index contributed by atoms with van der Waals surface area (Å²) in [6, 6.07) is 12.2. The van der Waals surface area contributed by atoms with Gasteiger partial charge in [0.15, 0.2) is 0 Å². The third kappa shape index (κ3) is 9.88. The Labute approximate surface area is 295 Å². The zero-order valence-corrected chi connectivity index (χ0v) is 29.9. The summed E-state index contributed by atoms with van der Waals surface area (Å²) in [7, 11) is 1.93. The first kappa shape index (κ1) is 40.9. The van der Waals surface area contributed by atoms with Crippen LogP contribution in [-0.2, 0) is 17.8 Å². The maximum absolute atomic E-state index is 14.3. The van der Waals surface area contributed by atoms with Crippen LogP contribution in [0.15, 0.2) is 48.5 Å². The fourth-order valence-corrected chi connectivity index (χ4v) is 7.75. The van der Waals surface area contributed by atoms with E-state index in [9.17, 15) is 23.1 Å². The maximum Gasteiger partial charge on any atom is 0.321 e. The van der Waals surface area contributed by atoms with E-state index in [1.54, 1.807) is 12.1 Å². The summed E-state index contributed by atoms with van der Waals surface area (Å²) >= 11 is 0. The average Bonchev–Trinajstić information content (AvgIpc) is 3.57. The number of carboxylic acid groups (broad SMARTS) is 1. The lowest BCUT2D eigenvalue weighted by Crippen LogP contribution is -2.47. The first-order valence-corrected chi connectivity index (χ1v) is 16.0. The van der Waals surface area contributed by atoms with Crippen molar-refractivity contribution in [2.24, 2.45) is 11.8 Å². The van der Waals surface area contributed by atoms with E-state index in [1.807, 2.05) is 36.5 Å². The van der Waals surface area contributed by atoms with E-state index in [0.29, 0.717) is 23.8 Å². The Balaban J connectivity index is 0.00000256. The van der Waals surface area contributed by atoms with Crippen LogP contribution in [0.5, 0.6) is 0 Å². The molecular weight excluding hydrogens is 672 g/mol. The minimum atomic E-state index is -0.798. The summed E-state index contributed by atoms with van der Waals surface area (Å²) in [6.07, 6.45) is 4.03. The van der Waals surface area contributed by atoms with Crippen LogP contribution in [-0.4, -0.2) is 69.4 Å². The first-order valence-electron chi connectivity index (χ1n) is 16.0. The predicted octanol–water partition coefficient (Wildman–Crippen LogP) is 7.96. The van der Waals surface area contributed by atoms with Crippen LogP contribution in [0.3, 0.4) is 0 Å². The smallest absolute Gasteiger partial charge is 0.321 e. The Morgan fingerprint density at radius 3 is 2.21 bits per heavy atom. The molecule has 1 saturated carbocycles. The highest BCUT2D eigenvalue weighted by atomic mass is 35.5. The number of piperidine rings is 1. The normalized spacial score (nSPS) is 20.8. The summed E-state index contributed by atoms with van der Waals surface area (Å²) in [6.45, 7) is 9.44. The van der Waals surface area contributed by atoms with Crippen molar-refractivity contribution in [1.82, 2.24) is 19.6 Å². The highest BCUT2D eigenvalue weighted by Gasteiger charge is 2.42. The van der Waals surface area contributed by atoms with E-state index >= 15 is 0 Å². The van der Waals surface area contributed by atoms with Crippen LogP contribution in [0.2, 0.25) is 0 Å². The predicted molar refractivity (Wildman–Crippen MR) is 187 cm³/mol. The number of halogens is 6. The number of nitrogens with zero attached hydrogens (tertiary/aromatic N) is 4. The zero-order chi connectivity index (χ0) is 31.5. The van der Waals surface area contributed by atoms with Crippen LogP contribution in [0.25, 0.3) is 0 Å². The first-order chi connectivity index (χ1) is 21.0. The Bertz CT molecular complexity index is 1430. The van der Waals surface area contributed by atoms with Gasteiger partial charge in [-0.15, -0.1) is 37.2 Å². The number of hydrogen-bond acceptors (Lipinski definition) is 4. The number of benzene rings is 2. The minimum Gasteiger partial charge on any atom is -0.480 e. The Hall–Kier alpha value is -2.30. The van der Waals surface area contributed by atoms with Gasteiger partial charge in [0.1, 0.15) is 23.5 Å². The number of aryl methyl sites for hydroxylation is 1. The van der Waals surface area contributed by atoms with E-state index < -0.39 is 23.6 Å². The van der Waals surface area contributed by atoms with Gasteiger partial charge in [-0.2, -0.15) is 5.10 Å². The van der Waals surface area contributed by atoms with Gasteiger partial charge in [-0.1, -0.05) is 26.0 Å². The van der Waals surface area contributed by atoms with Gasteiger partial charge in [-0.25, -0.2) is 13.2 Å². The molecule has 0 spiro atoms. The molecule has 4 atom stereocenters. The second-order valence-electron chi connectivity index (χ2n) is 13.1. The SMILES string of the molecule is CCn1nc(Cc2cc(F)cc(F)c2)cc1C1CCN(CC2CC(N(C)[C@@H](C(=O)O)C(C)C)CC2c2cccc(F)c2)CC1.Cl.Cl.Cl. The van der Waals surface area contributed by atoms with Gasteiger partial charge in [0.25, 0.3) is 0 Å². The molecule has 2 aliphatic rings. The summed E-state index contributed by atoms with van der Waals surface area (Å²) in [5, 5.41) is 14.7. The molecule has 1 aliphatic carbocycles. The third-order valence-electron chi connectivity index (χ3n) is 9.81. The molecule has 2 fully saturated rings. The molecule has 2 heterocycles. The second-order valence-corrected chi connectivity index (χ2v) is 13.1. The number of likely N-dealkylation sites (tertiary alicyclic amines) is 1. The van der Waals surface area contributed by atoms with Crippen LogP contribution in [0.4, 0.5) is 13.2 Å². The van der Waals surface area contributed by atoms with E-state index in [4.69, 9.17) is 5.10 Å². The van der Waals surface area contributed by atoms with Crippen molar-refractivity contribution >= 4 is 43.2 Å². The molecule has 12 heteroatoms. The van der Waals surface area contributed by atoms with Gasteiger partial charge in [0, 0.05) is 43.2 Å². The zero-order valence-electron chi connectivity index (χ0n) is 27.4. The fraction of sp³-hybridized carbons (Fsp3) is 0.543. The van der Waals surface area contributed by atoms with Crippen molar-refractivity contribution in [3.8, 4) is 0 Å². The number of rotatable bonds is 11. The summed E-state index contributed by atoms with van der Waals surface area (Å²) in [5.41, 5.74) is 3.55. The molecule has 262 valence electrons. The molecule has 1 N–H and O–H groups in total. The van der Waals surface area contributed by atoms with E-state index in [1.165, 1.54) is 23.9 Å². The Kier molecular flexibility index (Phi) is 15.6. The average molecular weight is 720 g/mol. The van der Waals surface area contributed by atoms with E-state index in [-0.39, 0.29) is 60.9 Å². The highest BCUT2D eigenvalue weighted by molar-refractivity contribution is 5.86. The highest BCUT2D eigenvalue weighted by Crippen LogP contribution is 2.43. The molecule has 5 rings (SSSR count). The molecule has 1 saturated heterocycles. The lowest BCUT2D eigenvalue weighted by Gasteiger charge is -2.35. The maximum atomic E-state index is 14.3. The van der Waals surface area contributed by atoms with Crippen LogP contribution in [0, 0.1) is 29.3 Å². The van der Waals surface area contributed by atoms with Crippen LogP contribution in [0.1, 0.15) is 80.8 Å². The van der Waals surface area contributed by atoms with Crippen LogP contribution < -0.4 is 0 Å². The molecule has 2 aromatic carbocycles. The quantitative estimate of drug-likeness (QED) is 0.218. The Morgan fingerprint density at radius 2 is 1.64 bits per heavy atom. The van der Waals surface area contributed by atoms with Crippen molar-refractivity contribution < 1.29 is 23.1 Å². The number of hydrogen-bond donors (Lipinski definition) is 1. The Morgan fingerprint density at radius 1 is 0.979 bits per heavy atom. The summed E-state index contributed by atoms with van der Waals surface area (Å²) < 4.78 is 43.8. The van der Waals surface area contributed by atoms with Crippen molar-refractivity contribution in [2.45, 2.75) is 83.3 Å². The molecule has 0 amide bonds. The van der Waals surface area contributed by atoms with Gasteiger partial charge in [0.05, 0.1) is 5.69 Å². The number of likely N-dealkylation sites (N-methyl/N-ethyl adjacent to an activating group) is 1. The van der Waals surface area contributed by atoms with Crippen LogP contribution >= 0.6 is 37.2 Å². The van der Waals surface area contributed by atoms with Gasteiger partial charge in [-0.05, 0) is 112 Å². The van der Waals surface area contributed by atoms with Gasteiger partial charge in [-0.3, -0.25) is 14.4 Å². The molecule has 3 unspecified atom stereocenters. The number of carboxylic acids is 1. The number of aromatic nitrogens is 2. The van der Waals surface area contributed by atoms with E-state index in [2.05, 4.69) is 17.9 Å². The fourth-order valence-electron chi connectivity index (χ4n) is 7.75. The molecule has 0 bridgehead atoms. The second kappa shape index (κ2) is 17.9. The molecular formula is C35H48Cl3F3N4O2. The van der Waals surface area contributed by atoms with Gasteiger partial charge in [0.2, 0.25) is 0 Å². The molecule has 1 aromatic heterocycles. The molecule has 47 heavy (non-hydrogen) atoms. The van der Waals surface area contributed by atoms with Crippen molar-refractivity contribution in [3.05, 3.63) is 88.5 Å². The number of aliphatic carboxylic acids is 1. The van der Waals surface area contributed by atoms with E-state index in [0.717, 1.165) is 69.2 Å². The lowest BCUT2D eigenvalue weighted by atomic mass is 9.87. The lowest BCUT2D eigenvalue weighted by molar-refractivity contribution is -0.145. The minimum absolute atomic E-state index is 0.